The molecule has 108 valence electrons. The number of aromatic hydroxyl groups is 1. The second-order valence-corrected chi connectivity index (χ2v) is 5.14. The molecule has 0 radical (unpaired) electrons. The highest BCUT2D eigenvalue weighted by molar-refractivity contribution is 6.11. The molecule has 0 unspecified atom stereocenters. The number of nitrogens with zero attached hydrogens (tertiary/aromatic N) is 2. The lowest BCUT2D eigenvalue weighted by Gasteiger charge is -2.35. The molecule has 0 fully saturated rings. The first-order chi connectivity index (χ1) is 10.1. The van der Waals surface area contributed by atoms with Crippen molar-refractivity contribution >= 4 is 23.0 Å². The van der Waals surface area contributed by atoms with E-state index < -0.39 is 0 Å². The number of fused-ring (bicyclic) bond motifs is 1. The third-order valence-electron chi connectivity index (χ3n) is 3.76. The average molecular weight is 283 g/mol. The zero-order valence-corrected chi connectivity index (χ0v) is 11.8. The van der Waals surface area contributed by atoms with E-state index in [9.17, 15) is 9.90 Å². The fourth-order valence-electron chi connectivity index (χ4n) is 2.59. The van der Waals surface area contributed by atoms with Crippen molar-refractivity contribution in [1.29, 1.82) is 0 Å². The first-order valence-corrected chi connectivity index (χ1v) is 6.78. The van der Waals surface area contributed by atoms with Crippen LogP contribution >= 0.6 is 0 Å². The molecule has 0 aliphatic carbocycles. The molecule has 1 amide bonds. The smallest absolute Gasteiger partial charge is 0.260 e. The minimum atomic E-state index is -0.191. The van der Waals surface area contributed by atoms with E-state index in [1.54, 1.807) is 11.0 Å². The van der Waals surface area contributed by atoms with Gasteiger partial charge in [-0.05, 0) is 30.3 Å². The van der Waals surface area contributed by atoms with Crippen molar-refractivity contribution in [3.05, 3.63) is 48.0 Å². The number of likely N-dealkylation sites (N-methyl/N-ethyl adjacent to an activating group) is 1. The Balaban J connectivity index is 2.03. The molecule has 3 N–H and O–H groups in total. The maximum absolute atomic E-state index is 12.8. The molecule has 0 bridgehead atoms. The predicted octanol–water partition coefficient (Wildman–Crippen LogP) is 2.07. The van der Waals surface area contributed by atoms with E-state index in [0.717, 1.165) is 17.9 Å². The van der Waals surface area contributed by atoms with Crippen LogP contribution in [0.25, 0.3) is 0 Å². The first kappa shape index (κ1) is 13.3. The zero-order valence-electron chi connectivity index (χ0n) is 11.8. The van der Waals surface area contributed by atoms with Gasteiger partial charge in [0.25, 0.3) is 5.91 Å². The Morgan fingerprint density at radius 3 is 2.62 bits per heavy atom. The van der Waals surface area contributed by atoms with Crippen molar-refractivity contribution in [1.82, 2.24) is 0 Å². The number of phenolic OH excluding ortho intramolecular Hbond substituents is 1. The fraction of sp³-hybridized carbons (Fsp3) is 0.188. The van der Waals surface area contributed by atoms with Crippen LogP contribution in [0.1, 0.15) is 10.4 Å². The summed E-state index contributed by atoms with van der Waals surface area (Å²) in [5, 5.41) is 9.59. The van der Waals surface area contributed by atoms with Crippen molar-refractivity contribution in [2.24, 2.45) is 0 Å². The Labute approximate surface area is 123 Å². The van der Waals surface area contributed by atoms with E-state index >= 15 is 0 Å². The van der Waals surface area contributed by atoms with E-state index in [2.05, 4.69) is 4.90 Å². The molecular formula is C16H17N3O2. The van der Waals surface area contributed by atoms with E-state index in [0.29, 0.717) is 17.8 Å². The molecule has 1 heterocycles. The number of carbonyl (C=O) groups is 1. The van der Waals surface area contributed by atoms with E-state index in [1.807, 2.05) is 31.3 Å². The summed E-state index contributed by atoms with van der Waals surface area (Å²) in [5.74, 6) is -0.154. The van der Waals surface area contributed by atoms with Gasteiger partial charge in [0.1, 0.15) is 5.75 Å². The quantitative estimate of drug-likeness (QED) is 0.621. The summed E-state index contributed by atoms with van der Waals surface area (Å²) >= 11 is 0. The van der Waals surface area contributed by atoms with Crippen molar-refractivity contribution in [2.75, 3.05) is 35.7 Å². The van der Waals surface area contributed by atoms with Gasteiger partial charge in [0.2, 0.25) is 0 Å². The summed E-state index contributed by atoms with van der Waals surface area (Å²) in [7, 11) is 2.00. The van der Waals surface area contributed by atoms with E-state index in [1.165, 1.54) is 12.1 Å². The van der Waals surface area contributed by atoms with Crippen LogP contribution < -0.4 is 15.5 Å². The summed E-state index contributed by atoms with van der Waals surface area (Å²) in [4.78, 5) is 16.6. The summed E-state index contributed by atoms with van der Waals surface area (Å²) in [6.45, 7) is 1.34. The second-order valence-electron chi connectivity index (χ2n) is 5.14. The molecule has 0 aromatic heterocycles. The maximum Gasteiger partial charge on any atom is 0.260 e. The zero-order chi connectivity index (χ0) is 15.0. The Kier molecular flexibility index (Phi) is 3.17. The number of nitrogen functional groups attached to an aromatic ring is 1. The van der Waals surface area contributed by atoms with Crippen LogP contribution in [0.2, 0.25) is 0 Å². The molecule has 0 atom stereocenters. The molecule has 2 aromatic rings. The van der Waals surface area contributed by atoms with E-state index in [-0.39, 0.29) is 11.7 Å². The van der Waals surface area contributed by atoms with Crippen LogP contribution in [0.3, 0.4) is 0 Å². The predicted molar refractivity (Wildman–Crippen MR) is 83.9 cm³/mol. The lowest BCUT2D eigenvalue weighted by Crippen LogP contribution is -2.42. The molecule has 0 saturated carbocycles. The summed E-state index contributed by atoms with van der Waals surface area (Å²) in [6, 6.07) is 12.2. The van der Waals surface area contributed by atoms with Crippen molar-refractivity contribution in [3.8, 4) is 5.75 Å². The summed E-state index contributed by atoms with van der Waals surface area (Å²) in [6.07, 6.45) is 0. The number of carbonyl (C=O) groups excluding carboxylic acids is 1. The Bertz CT molecular complexity index is 700. The number of nitrogens with two attached hydrogens (primary N) is 1. The van der Waals surface area contributed by atoms with Gasteiger partial charge in [0, 0.05) is 25.8 Å². The number of para-hydroxylation sites is 2. The highest BCUT2D eigenvalue weighted by atomic mass is 16.3. The lowest BCUT2D eigenvalue weighted by atomic mass is 10.1. The molecule has 2 aromatic carbocycles. The van der Waals surface area contributed by atoms with Crippen molar-refractivity contribution in [2.45, 2.75) is 0 Å². The fourth-order valence-corrected chi connectivity index (χ4v) is 2.59. The number of phenols is 1. The van der Waals surface area contributed by atoms with E-state index in [4.69, 9.17) is 5.73 Å². The van der Waals surface area contributed by atoms with Gasteiger partial charge in [-0.15, -0.1) is 0 Å². The number of anilines is 3. The molecule has 1 aliphatic heterocycles. The first-order valence-electron chi connectivity index (χ1n) is 6.78. The van der Waals surface area contributed by atoms with Gasteiger partial charge in [-0.1, -0.05) is 12.1 Å². The number of amides is 1. The molecular weight excluding hydrogens is 266 g/mol. The highest BCUT2D eigenvalue weighted by Crippen LogP contribution is 2.33. The van der Waals surface area contributed by atoms with Crippen LogP contribution in [0.4, 0.5) is 17.1 Å². The van der Waals surface area contributed by atoms with Gasteiger partial charge in [0.05, 0.1) is 16.9 Å². The average Bonchev–Trinajstić information content (AvgIpc) is 2.50. The van der Waals surface area contributed by atoms with Gasteiger partial charge in [-0.3, -0.25) is 4.79 Å². The topological polar surface area (TPSA) is 69.8 Å². The van der Waals surface area contributed by atoms with Gasteiger partial charge in [0.15, 0.2) is 0 Å². The second kappa shape index (κ2) is 5.01. The maximum atomic E-state index is 12.8. The molecule has 5 heteroatoms. The van der Waals surface area contributed by atoms with Gasteiger partial charge in [-0.2, -0.15) is 0 Å². The minimum absolute atomic E-state index is 0.0370. The van der Waals surface area contributed by atoms with Crippen molar-refractivity contribution in [3.63, 3.8) is 0 Å². The monoisotopic (exact) mass is 283 g/mol. The third kappa shape index (κ3) is 2.27. The van der Waals surface area contributed by atoms with Crippen LogP contribution in [0, 0.1) is 0 Å². The highest BCUT2D eigenvalue weighted by Gasteiger charge is 2.26. The largest absolute Gasteiger partial charge is 0.508 e. The van der Waals surface area contributed by atoms with Crippen LogP contribution in [0.15, 0.2) is 42.5 Å². The van der Waals surface area contributed by atoms with Gasteiger partial charge < -0.3 is 20.6 Å². The number of rotatable bonds is 1. The Morgan fingerprint density at radius 2 is 1.86 bits per heavy atom. The molecule has 3 rings (SSSR count). The molecule has 0 saturated heterocycles. The number of hydrogen-bond donors (Lipinski definition) is 2. The van der Waals surface area contributed by atoms with Gasteiger partial charge in [-0.25, -0.2) is 0 Å². The van der Waals surface area contributed by atoms with Crippen LogP contribution in [-0.2, 0) is 0 Å². The third-order valence-corrected chi connectivity index (χ3v) is 3.76. The summed E-state index contributed by atoms with van der Waals surface area (Å²) < 4.78 is 0. The van der Waals surface area contributed by atoms with Crippen molar-refractivity contribution < 1.29 is 9.90 Å². The summed E-state index contributed by atoms with van der Waals surface area (Å²) in [5.41, 5.74) is 8.44. The van der Waals surface area contributed by atoms with Crippen LogP contribution in [0.5, 0.6) is 5.75 Å². The Morgan fingerprint density at radius 1 is 1.14 bits per heavy atom. The number of benzene rings is 2. The number of hydrogen-bond acceptors (Lipinski definition) is 4. The SMILES string of the molecule is CN1CCN(C(=O)c2cc(O)ccc2N)c2ccccc21. The molecule has 0 spiro atoms. The minimum Gasteiger partial charge on any atom is -0.508 e. The Hall–Kier alpha value is -2.69. The molecule has 5 nitrogen and oxygen atoms in total. The molecule has 1 aliphatic rings. The molecule has 21 heavy (non-hydrogen) atoms. The van der Waals surface area contributed by atoms with Gasteiger partial charge >= 0.3 is 0 Å². The normalized spacial score (nSPS) is 14.0. The lowest BCUT2D eigenvalue weighted by molar-refractivity contribution is 0.0987. The van der Waals surface area contributed by atoms with Crippen LogP contribution in [-0.4, -0.2) is 31.2 Å². The standard InChI is InChI=1S/C16H17N3O2/c1-18-8-9-19(15-5-3-2-4-14(15)18)16(21)12-10-11(20)6-7-13(12)17/h2-7,10,20H,8-9,17H2,1H3.